The van der Waals surface area contributed by atoms with Gasteiger partial charge in [-0.3, -0.25) is 4.68 Å². The van der Waals surface area contributed by atoms with Crippen LogP contribution in [0.25, 0.3) is 0 Å². The third-order valence-electron chi connectivity index (χ3n) is 3.64. The van der Waals surface area contributed by atoms with Gasteiger partial charge in [0.15, 0.2) is 0 Å². The summed E-state index contributed by atoms with van der Waals surface area (Å²) in [5.74, 6) is -0.171. The summed E-state index contributed by atoms with van der Waals surface area (Å²) in [6.45, 7) is 3.38. The van der Waals surface area contributed by atoms with Crippen LogP contribution in [0.3, 0.4) is 0 Å². The molecule has 19 heavy (non-hydrogen) atoms. The van der Waals surface area contributed by atoms with Gasteiger partial charge >= 0.3 is 0 Å². The Morgan fingerprint density at radius 2 is 2.11 bits per heavy atom. The predicted molar refractivity (Wildman–Crippen MR) is 72.3 cm³/mol. The molecule has 0 saturated heterocycles. The van der Waals surface area contributed by atoms with E-state index in [-0.39, 0.29) is 5.82 Å². The number of halogens is 1. The molecule has 3 nitrogen and oxygen atoms in total. The van der Waals surface area contributed by atoms with Crippen LogP contribution in [0.2, 0.25) is 0 Å². The molecule has 1 N–H and O–H groups in total. The van der Waals surface area contributed by atoms with E-state index in [4.69, 9.17) is 0 Å². The van der Waals surface area contributed by atoms with Gasteiger partial charge in [-0.2, -0.15) is 5.10 Å². The monoisotopic (exact) mass is 259 g/mol. The molecule has 1 heterocycles. The van der Waals surface area contributed by atoms with Crippen molar-refractivity contribution in [1.82, 2.24) is 15.1 Å². The van der Waals surface area contributed by atoms with Crippen LogP contribution in [-0.2, 0) is 13.1 Å². The zero-order valence-electron chi connectivity index (χ0n) is 11.1. The minimum Gasteiger partial charge on any atom is -0.310 e. The zero-order valence-corrected chi connectivity index (χ0v) is 11.1. The molecular weight excluding hydrogens is 241 g/mol. The molecule has 0 amide bonds. The molecule has 0 aliphatic heterocycles. The highest BCUT2D eigenvalue weighted by Crippen LogP contribution is 2.20. The molecule has 4 heteroatoms. The summed E-state index contributed by atoms with van der Waals surface area (Å²) < 4.78 is 15.5. The molecule has 2 aromatic rings. The Kier molecular flexibility index (Phi) is 3.34. The van der Waals surface area contributed by atoms with Crippen LogP contribution in [0, 0.1) is 12.7 Å². The third-order valence-corrected chi connectivity index (χ3v) is 3.64. The van der Waals surface area contributed by atoms with E-state index in [0.29, 0.717) is 18.2 Å². The van der Waals surface area contributed by atoms with Crippen molar-refractivity contribution in [3.05, 3.63) is 53.1 Å². The first kappa shape index (κ1) is 12.4. The van der Waals surface area contributed by atoms with E-state index in [1.165, 1.54) is 24.5 Å². The maximum atomic E-state index is 13.6. The first-order chi connectivity index (χ1) is 9.24. The van der Waals surface area contributed by atoms with Gasteiger partial charge in [0.05, 0.1) is 12.7 Å². The summed E-state index contributed by atoms with van der Waals surface area (Å²) in [5, 5.41) is 7.84. The van der Waals surface area contributed by atoms with Crippen molar-refractivity contribution in [2.24, 2.45) is 0 Å². The Hall–Kier alpha value is -1.68. The van der Waals surface area contributed by atoms with E-state index >= 15 is 0 Å². The Balaban J connectivity index is 1.72. The summed E-state index contributed by atoms with van der Waals surface area (Å²) in [7, 11) is 0. The maximum Gasteiger partial charge on any atom is 0.128 e. The third kappa shape index (κ3) is 2.84. The largest absolute Gasteiger partial charge is 0.310 e. The molecule has 0 bridgehead atoms. The lowest BCUT2D eigenvalue weighted by atomic mass is 10.2. The molecule has 1 aliphatic carbocycles. The Morgan fingerprint density at radius 3 is 2.84 bits per heavy atom. The summed E-state index contributed by atoms with van der Waals surface area (Å²) in [4.78, 5) is 0. The number of nitrogens with one attached hydrogen (secondary N) is 1. The fourth-order valence-corrected chi connectivity index (χ4v) is 2.15. The van der Waals surface area contributed by atoms with E-state index in [0.717, 1.165) is 12.2 Å². The van der Waals surface area contributed by atoms with E-state index < -0.39 is 0 Å². The second kappa shape index (κ2) is 5.13. The molecule has 0 radical (unpaired) electrons. The Labute approximate surface area is 112 Å². The lowest BCUT2D eigenvalue weighted by Crippen LogP contribution is -2.16. The summed E-state index contributed by atoms with van der Waals surface area (Å²) >= 11 is 0. The first-order valence-electron chi connectivity index (χ1n) is 6.72. The number of nitrogens with zero attached hydrogens (tertiary/aromatic N) is 2. The van der Waals surface area contributed by atoms with Crippen LogP contribution in [0.15, 0.2) is 30.5 Å². The summed E-state index contributed by atoms with van der Waals surface area (Å²) in [6.07, 6.45) is 4.44. The average Bonchev–Trinajstić information content (AvgIpc) is 3.17. The Morgan fingerprint density at radius 1 is 1.32 bits per heavy atom. The standard InChI is InChI=1S/C15H18FN3/c1-11-13(8-17-14-6-7-14)9-18-19(11)10-12-4-2-3-5-15(12)16/h2-5,9,14,17H,6-8,10H2,1H3. The van der Waals surface area contributed by atoms with Crippen LogP contribution in [0.1, 0.15) is 29.7 Å². The predicted octanol–water partition coefficient (Wildman–Crippen LogP) is 2.63. The summed E-state index contributed by atoms with van der Waals surface area (Å²) in [5.41, 5.74) is 2.98. The van der Waals surface area contributed by atoms with E-state index in [1.807, 2.05) is 23.9 Å². The van der Waals surface area contributed by atoms with Gasteiger partial charge in [0.25, 0.3) is 0 Å². The number of benzene rings is 1. The van der Waals surface area contributed by atoms with Crippen molar-refractivity contribution in [2.75, 3.05) is 0 Å². The molecular formula is C15H18FN3. The van der Waals surface area contributed by atoms with Crippen LogP contribution >= 0.6 is 0 Å². The van der Waals surface area contributed by atoms with Crippen molar-refractivity contribution >= 4 is 0 Å². The summed E-state index contributed by atoms with van der Waals surface area (Å²) in [6, 6.07) is 7.55. The van der Waals surface area contributed by atoms with Gasteiger partial charge < -0.3 is 5.32 Å². The van der Waals surface area contributed by atoms with Gasteiger partial charge in [0.2, 0.25) is 0 Å². The minimum absolute atomic E-state index is 0.171. The SMILES string of the molecule is Cc1c(CNC2CC2)cnn1Cc1ccccc1F. The fraction of sp³-hybridized carbons (Fsp3) is 0.400. The van der Waals surface area contributed by atoms with Gasteiger partial charge in [0, 0.05) is 29.4 Å². The molecule has 0 unspecified atom stereocenters. The highest BCUT2D eigenvalue weighted by atomic mass is 19.1. The first-order valence-corrected chi connectivity index (χ1v) is 6.72. The fourth-order valence-electron chi connectivity index (χ4n) is 2.15. The van der Waals surface area contributed by atoms with Gasteiger partial charge in [0.1, 0.15) is 5.82 Å². The number of hydrogen-bond donors (Lipinski definition) is 1. The molecule has 1 aromatic heterocycles. The van der Waals surface area contributed by atoms with Crippen molar-refractivity contribution in [1.29, 1.82) is 0 Å². The second-order valence-electron chi connectivity index (χ2n) is 5.16. The number of hydrogen-bond acceptors (Lipinski definition) is 2. The molecule has 0 atom stereocenters. The number of rotatable bonds is 5. The smallest absolute Gasteiger partial charge is 0.128 e. The van der Waals surface area contributed by atoms with Crippen molar-refractivity contribution in [2.45, 2.75) is 38.9 Å². The zero-order chi connectivity index (χ0) is 13.2. The average molecular weight is 259 g/mol. The topological polar surface area (TPSA) is 29.9 Å². The van der Waals surface area contributed by atoms with Gasteiger partial charge in [-0.05, 0) is 25.8 Å². The van der Waals surface area contributed by atoms with Crippen molar-refractivity contribution in [3.63, 3.8) is 0 Å². The van der Waals surface area contributed by atoms with Gasteiger partial charge in [-0.25, -0.2) is 4.39 Å². The highest BCUT2D eigenvalue weighted by Gasteiger charge is 2.20. The molecule has 1 saturated carbocycles. The van der Waals surface area contributed by atoms with E-state index in [2.05, 4.69) is 10.4 Å². The van der Waals surface area contributed by atoms with E-state index in [1.54, 1.807) is 12.1 Å². The maximum absolute atomic E-state index is 13.6. The van der Waals surface area contributed by atoms with E-state index in [9.17, 15) is 4.39 Å². The normalized spacial score (nSPS) is 14.8. The van der Waals surface area contributed by atoms with Crippen molar-refractivity contribution in [3.8, 4) is 0 Å². The van der Waals surface area contributed by atoms with Gasteiger partial charge in [-0.1, -0.05) is 18.2 Å². The highest BCUT2D eigenvalue weighted by molar-refractivity contribution is 5.21. The van der Waals surface area contributed by atoms with Crippen LogP contribution < -0.4 is 5.32 Å². The quantitative estimate of drug-likeness (QED) is 0.894. The lowest BCUT2D eigenvalue weighted by molar-refractivity contribution is 0.579. The van der Waals surface area contributed by atoms with Crippen molar-refractivity contribution < 1.29 is 4.39 Å². The number of aromatic nitrogens is 2. The molecule has 3 rings (SSSR count). The molecule has 1 fully saturated rings. The lowest BCUT2D eigenvalue weighted by Gasteiger charge is -2.07. The molecule has 100 valence electrons. The van der Waals surface area contributed by atoms with Crippen LogP contribution in [0.4, 0.5) is 4.39 Å². The Bertz CT molecular complexity index is 573. The van der Waals surface area contributed by atoms with Crippen LogP contribution in [0.5, 0.6) is 0 Å². The molecule has 1 aromatic carbocycles. The second-order valence-corrected chi connectivity index (χ2v) is 5.16. The van der Waals surface area contributed by atoms with Gasteiger partial charge in [-0.15, -0.1) is 0 Å². The minimum atomic E-state index is -0.171. The molecule has 0 spiro atoms. The molecule has 1 aliphatic rings. The van der Waals surface area contributed by atoms with Crippen LogP contribution in [-0.4, -0.2) is 15.8 Å².